The zero-order valence-corrected chi connectivity index (χ0v) is 21.7. The number of carbonyl (C=O) groups excluding carboxylic acids is 1. The third kappa shape index (κ3) is 5.47. The molecule has 0 atom stereocenters. The van der Waals surface area contributed by atoms with E-state index in [4.69, 9.17) is 30.5 Å². The second kappa shape index (κ2) is 11.4. The average Bonchev–Trinajstić information content (AvgIpc) is 3.57. The van der Waals surface area contributed by atoms with Crippen LogP contribution in [0.3, 0.4) is 0 Å². The number of nitrogens with zero attached hydrogens (tertiary/aromatic N) is 2. The van der Waals surface area contributed by atoms with E-state index < -0.39 is 0 Å². The molecule has 0 unspecified atom stereocenters. The summed E-state index contributed by atoms with van der Waals surface area (Å²) in [5, 5.41) is 10.5. The van der Waals surface area contributed by atoms with Crippen LogP contribution in [0.2, 0.25) is 5.02 Å². The molecule has 1 aliphatic heterocycles. The van der Waals surface area contributed by atoms with Crippen LogP contribution < -0.4 is 29.6 Å². The minimum Gasteiger partial charge on any atom is -0.497 e. The molecule has 2 heterocycles. The van der Waals surface area contributed by atoms with E-state index in [2.05, 4.69) is 15.7 Å². The molecule has 5 rings (SSSR count). The van der Waals surface area contributed by atoms with Gasteiger partial charge in [0.2, 0.25) is 0 Å². The molecule has 0 radical (unpaired) electrons. The van der Waals surface area contributed by atoms with Gasteiger partial charge in [-0.25, -0.2) is 4.68 Å². The van der Waals surface area contributed by atoms with Gasteiger partial charge in [-0.05, 0) is 47.5 Å². The summed E-state index contributed by atoms with van der Waals surface area (Å²) in [4.78, 5) is 13.2. The molecule has 0 saturated carbocycles. The number of methoxy groups -OCH3 is 2. The Labute approximate surface area is 225 Å². The molecule has 0 bridgehead atoms. The molecule has 0 spiro atoms. The molecule has 1 aliphatic rings. The molecule has 0 saturated heterocycles. The van der Waals surface area contributed by atoms with Gasteiger partial charge >= 0.3 is 0 Å². The van der Waals surface area contributed by atoms with Gasteiger partial charge in [-0.2, -0.15) is 5.10 Å². The summed E-state index contributed by atoms with van der Waals surface area (Å²) in [6.07, 6.45) is 1.61. The molecule has 38 heavy (non-hydrogen) atoms. The highest BCUT2D eigenvalue weighted by atomic mass is 35.5. The Hall–Kier alpha value is -4.37. The molecular formula is C28H27ClN4O5. The normalized spacial score (nSPS) is 11.9. The first-order valence-electron chi connectivity index (χ1n) is 12.0. The summed E-state index contributed by atoms with van der Waals surface area (Å²) < 4.78 is 24.5. The zero-order chi connectivity index (χ0) is 26.5. The van der Waals surface area contributed by atoms with E-state index in [0.29, 0.717) is 11.4 Å². The lowest BCUT2D eigenvalue weighted by molar-refractivity contribution is 0.102. The highest BCUT2D eigenvalue weighted by Gasteiger charge is 2.23. The van der Waals surface area contributed by atoms with Gasteiger partial charge in [0.25, 0.3) is 5.91 Å². The van der Waals surface area contributed by atoms with Crippen LogP contribution in [-0.4, -0.2) is 36.5 Å². The molecule has 3 aromatic carbocycles. The fourth-order valence-electron chi connectivity index (χ4n) is 4.02. The lowest BCUT2D eigenvalue weighted by Gasteiger charge is -2.17. The van der Waals surface area contributed by atoms with Crippen LogP contribution in [0.15, 0.2) is 66.9 Å². The molecule has 4 aromatic rings. The fourth-order valence-corrected chi connectivity index (χ4v) is 4.32. The fraction of sp³-hybridized carbons (Fsp3) is 0.214. The van der Waals surface area contributed by atoms with E-state index in [1.54, 1.807) is 37.2 Å². The predicted molar refractivity (Wildman–Crippen MR) is 145 cm³/mol. The van der Waals surface area contributed by atoms with Crippen LogP contribution in [0.4, 0.5) is 11.5 Å². The summed E-state index contributed by atoms with van der Waals surface area (Å²) in [5.74, 6) is 2.59. The molecular weight excluding hydrogens is 508 g/mol. The van der Waals surface area contributed by atoms with E-state index in [1.807, 2.05) is 48.5 Å². The van der Waals surface area contributed by atoms with Crippen LogP contribution in [0.25, 0.3) is 0 Å². The second-order valence-electron chi connectivity index (χ2n) is 8.54. The highest BCUT2D eigenvalue weighted by Crippen LogP contribution is 2.39. The topological polar surface area (TPSA) is 95.9 Å². The van der Waals surface area contributed by atoms with Crippen molar-refractivity contribution in [3.8, 4) is 23.0 Å². The molecule has 196 valence electrons. The van der Waals surface area contributed by atoms with Crippen molar-refractivity contribution in [3.05, 3.63) is 88.6 Å². The minimum atomic E-state index is -0.379. The average molecular weight is 535 g/mol. The lowest BCUT2D eigenvalue weighted by Crippen LogP contribution is -2.14. The maximum absolute atomic E-state index is 13.2. The van der Waals surface area contributed by atoms with E-state index >= 15 is 0 Å². The van der Waals surface area contributed by atoms with Crippen molar-refractivity contribution in [3.63, 3.8) is 0 Å². The van der Waals surface area contributed by atoms with E-state index in [-0.39, 0.29) is 35.5 Å². The van der Waals surface area contributed by atoms with Crippen molar-refractivity contribution in [1.82, 2.24) is 9.78 Å². The number of carbonyl (C=O) groups is 1. The van der Waals surface area contributed by atoms with Gasteiger partial charge in [-0.1, -0.05) is 35.9 Å². The Morgan fingerprint density at radius 3 is 2.21 bits per heavy atom. The second-order valence-corrected chi connectivity index (χ2v) is 8.92. The van der Waals surface area contributed by atoms with E-state index in [1.165, 1.54) is 0 Å². The van der Waals surface area contributed by atoms with Gasteiger partial charge in [-0.3, -0.25) is 4.79 Å². The van der Waals surface area contributed by atoms with Gasteiger partial charge in [-0.15, -0.1) is 0 Å². The molecule has 9 nitrogen and oxygen atoms in total. The number of anilines is 2. The molecule has 1 aromatic heterocycles. The number of hydrogen-bond donors (Lipinski definition) is 2. The first-order chi connectivity index (χ1) is 18.6. The van der Waals surface area contributed by atoms with Gasteiger partial charge in [0.15, 0.2) is 11.5 Å². The summed E-state index contributed by atoms with van der Waals surface area (Å²) >= 11 is 6.76. The van der Waals surface area contributed by atoms with E-state index in [0.717, 1.165) is 41.5 Å². The zero-order valence-electron chi connectivity index (χ0n) is 21.0. The van der Waals surface area contributed by atoms with Crippen molar-refractivity contribution in [2.45, 2.75) is 19.8 Å². The first-order valence-corrected chi connectivity index (χ1v) is 12.4. The summed E-state index contributed by atoms with van der Waals surface area (Å²) in [5.41, 5.74) is 2.68. The van der Waals surface area contributed by atoms with Crippen molar-refractivity contribution in [2.24, 2.45) is 0 Å². The number of nitrogens with one attached hydrogen (secondary N) is 2. The third-order valence-corrected chi connectivity index (χ3v) is 6.48. The van der Waals surface area contributed by atoms with Crippen molar-refractivity contribution in [2.75, 3.05) is 31.4 Å². The monoisotopic (exact) mass is 534 g/mol. The number of amides is 1. The SMILES string of the molecule is COc1ccc(COc2ccc(C(=O)Nc3cnn4c3NCC4)c(Cl)c2OCc2ccc(OC)cc2)cc1. The lowest BCUT2D eigenvalue weighted by atomic mass is 10.1. The van der Waals surface area contributed by atoms with Gasteiger partial charge in [0, 0.05) is 6.54 Å². The summed E-state index contributed by atoms with van der Waals surface area (Å²) in [7, 11) is 3.23. The Morgan fingerprint density at radius 1 is 0.947 bits per heavy atom. The number of hydrogen-bond acceptors (Lipinski definition) is 7. The quantitative estimate of drug-likeness (QED) is 0.281. The van der Waals surface area contributed by atoms with Crippen LogP contribution in [0.1, 0.15) is 21.5 Å². The Bertz CT molecular complexity index is 1420. The molecule has 0 fully saturated rings. The number of benzene rings is 3. The maximum atomic E-state index is 13.2. The smallest absolute Gasteiger partial charge is 0.257 e. The summed E-state index contributed by atoms with van der Waals surface area (Å²) in [6, 6.07) is 18.4. The van der Waals surface area contributed by atoms with Gasteiger partial charge < -0.3 is 29.6 Å². The van der Waals surface area contributed by atoms with Gasteiger partial charge in [0.05, 0.1) is 37.5 Å². The van der Waals surface area contributed by atoms with Crippen molar-refractivity contribution >= 4 is 29.0 Å². The Kier molecular flexibility index (Phi) is 7.55. The van der Waals surface area contributed by atoms with Crippen LogP contribution in [-0.2, 0) is 19.8 Å². The number of rotatable bonds is 10. The minimum absolute atomic E-state index is 0.153. The maximum Gasteiger partial charge on any atom is 0.257 e. The number of ether oxygens (including phenoxy) is 4. The van der Waals surface area contributed by atoms with Crippen LogP contribution in [0, 0.1) is 0 Å². The van der Waals surface area contributed by atoms with Crippen molar-refractivity contribution < 1.29 is 23.7 Å². The molecule has 2 N–H and O–H groups in total. The molecule has 1 amide bonds. The number of halogens is 1. The number of aromatic nitrogens is 2. The first kappa shape index (κ1) is 25.3. The molecule has 0 aliphatic carbocycles. The Balaban J connectivity index is 1.38. The van der Waals surface area contributed by atoms with Gasteiger partial charge in [0.1, 0.15) is 36.2 Å². The Morgan fingerprint density at radius 2 is 1.58 bits per heavy atom. The van der Waals surface area contributed by atoms with E-state index in [9.17, 15) is 4.79 Å². The third-order valence-electron chi connectivity index (χ3n) is 6.10. The van der Waals surface area contributed by atoms with Crippen LogP contribution in [0.5, 0.6) is 23.0 Å². The van der Waals surface area contributed by atoms with Crippen LogP contribution >= 0.6 is 11.6 Å². The molecule has 10 heteroatoms. The number of fused-ring (bicyclic) bond motifs is 1. The predicted octanol–water partition coefficient (Wildman–Crippen LogP) is 5.39. The largest absolute Gasteiger partial charge is 0.497 e. The standard InChI is InChI=1S/C28H27ClN4O5/c1-35-20-7-3-18(4-8-20)16-37-24-12-11-22(28(34)32-23-15-31-33-14-13-30-27(23)33)25(29)26(24)38-17-19-5-9-21(36-2)10-6-19/h3-12,15,30H,13-14,16-17H2,1-2H3,(H,32,34). The van der Waals surface area contributed by atoms with Crippen molar-refractivity contribution in [1.29, 1.82) is 0 Å². The summed E-state index contributed by atoms with van der Waals surface area (Å²) in [6.45, 7) is 2.00. The highest BCUT2D eigenvalue weighted by molar-refractivity contribution is 6.36.